The Hall–Kier alpha value is -1.90. The second kappa shape index (κ2) is 4.97. The zero-order chi connectivity index (χ0) is 10.4. The van der Waals surface area contributed by atoms with E-state index in [0.717, 1.165) is 11.3 Å². The number of methoxy groups -OCH3 is 1. The van der Waals surface area contributed by atoms with Crippen molar-refractivity contribution in [3.63, 3.8) is 0 Å². The van der Waals surface area contributed by atoms with Crippen molar-refractivity contribution in [1.82, 2.24) is 0 Å². The second-order valence-corrected chi connectivity index (χ2v) is 2.65. The number of rotatable bonds is 4. The molecular formula is C11H10O3. The highest BCUT2D eigenvalue weighted by molar-refractivity contribution is 6.04. The molecule has 0 aliphatic heterocycles. The Balaban J connectivity index is 2.92. The summed E-state index contributed by atoms with van der Waals surface area (Å²) in [6, 6.07) is 7.07. The van der Waals surface area contributed by atoms with E-state index in [4.69, 9.17) is 4.74 Å². The largest absolute Gasteiger partial charge is 0.497 e. The molecule has 0 aromatic heterocycles. The third kappa shape index (κ3) is 2.55. The number of allylic oxidation sites excluding steroid dienone is 1. The van der Waals surface area contributed by atoms with E-state index in [2.05, 4.69) is 0 Å². The second-order valence-electron chi connectivity index (χ2n) is 2.65. The monoisotopic (exact) mass is 190 g/mol. The summed E-state index contributed by atoms with van der Waals surface area (Å²) in [4.78, 5) is 20.7. The van der Waals surface area contributed by atoms with Gasteiger partial charge >= 0.3 is 0 Å². The minimum atomic E-state index is 0.121. The summed E-state index contributed by atoms with van der Waals surface area (Å²) < 4.78 is 4.97. The fourth-order valence-corrected chi connectivity index (χ4v) is 0.988. The molecule has 0 bridgehead atoms. The lowest BCUT2D eigenvalue weighted by atomic mass is 10.1. The van der Waals surface area contributed by atoms with Crippen LogP contribution in [0.3, 0.4) is 0 Å². The van der Waals surface area contributed by atoms with Gasteiger partial charge in [0.05, 0.1) is 12.7 Å². The number of hydrogen-bond acceptors (Lipinski definition) is 3. The molecule has 14 heavy (non-hydrogen) atoms. The maximum atomic E-state index is 10.3. The highest BCUT2D eigenvalue weighted by Gasteiger charge is 1.94. The van der Waals surface area contributed by atoms with Crippen molar-refractivity contribution < 1.29 is 14.3 Å². The van der Waals surface area contributed by atoms with Crippen LogP contribution in [0.15, 0.2) is 29.8 Å². The van der Waals surface area contributed by atoms with Gasteiger partial charge in [-0.1, -0.05) is 12.1 Å². The molecule has 72 valence electrons. The van der Waals surface area contributed by atoms with Gasteiger partial charge in [0.25, 0.3) is 0 Å². The van der Waals surface area contributed by atoms with Crippen molar-refractivity contribution in [3.05, 3.63) is 35.4 Å². The molecule has 0 atom stereocenters. The van der Waals surface area contributed by atoms with Gasteiger partial charge in [-0.05, 0) is 23.8 Å². The maximum absolute atomic E-state index is 10.3. The van der Waals surface area contributed by atoms with Gasteiger partial charge in [-0.15, -0.1) is 0 Å². The fourth-order valence-electron chi connectivity index (χ4n) is 0.988. The van der Waals surface area contributed by atoms with Gasteiger partial charge in [-0.3, -0.25) is 9.59 Å². The van der Waals surface area contributed by atoms with Crippen LogP contribution in [0.2, 0.25) is 0 Å². The van der Waals surface area contributed by atoms with Crippen LogP contribution in [0.4, 0.5) is 0 Å². The number of carbonyl (C=O) groups excluding carboxylic acids is 2. The topological polar surface area (TPSA) is 43.4 Å². The molecule has 3 nitrogen and oxygen atoms in total. The summed E-state index contributed by atoms with van der Waals surface area (Å²) in [7, 11) is 1.58. The van der Waals surface area contributed by atoms with Crippen LogP contribution in [-0.4, -0.2) is 19.7 Å². The molecule has 0 radical (unpaired) electrons. The Morgan fingerprint density at radius 1 is 1.14 bits per heavy atom. The molecule has 1 aromatic rings. The third-order valence-corrected chi connectivity index (χ3v) is 1.72. The first-order valence-corrected chi connectivity index (χ1v) is 4.06. The summed E-state index contributed by atoms with van der Waals surface area (Å²) >= 11 is 0. The van der Waals surface area contributed by atoms with Gasteiger partial charge in [0.15, 0.2) is 12.6 Å². The first-order chi connectivity index (χ1) is 6.80. The minimum Gasteiger partial charge on any atom is -0.497 e. The average molecular weight is 190 g/mol. The van der Waals surface area contributed by atoms with Gasteiger partial charge in [-0.25, -0.2) is 0 Å². The average Bonchev–Trinajstić information content (AvgIpc) is 2.26. The first-order valence-electron chi connectivity index (χ1n) is 4.06. The molecule has 0 fully saturated rings. The first kappa shape index (κ1) is 10.2. The standard InChI is InChI=1S/C11H10O3/c1-14-11-4-2-9(3-5-11)6-10(7-12)8-13/h2-8H,1H3. The number of aldehydes is 2. The van der Waals surface area contributed by atoms with Gasteiger partial charge in [0.1, 0.15) is 5.75 Å². The van der Waals surface area contributed by atoms with E-state index in [1.54, 1.807) is 31.4 Å². The van der Waals surface area contributed by atoms with Crippen LogP contribution < -0.4 is 4.74 Å². The predicted molar refractivity (Wildman–Crippen MR) is 53.1 cm³/mol. The molecular weight excluding hydrogens is 180 g/mol. The van der Waals surface area contributed by atoms with E-state index >= 15 is 0 Å². The van der Waals surface area contributed by atoms with Crippen molar-refractivity contribution in [2.24, 2.45) is 0 Å². The van der Waals surface area contributed by atoms with Crippen molar-refractivity contribution in [1.29, 1.82) is 0 Å². The lowest BCUT2D eigenvalue weighted by molar-refractivity contribution is -0.109. The predicted octanol–water partition coefficient (Wildman–Crippen LogP) is 1.48. The molecule has 0 spiro atoms. The molecule has 0 N–H and O–H groups in total. The van der Waals surface area contributed by atoms with E-state index in [1.165, 1.54) is 6.08 Å². The number of hydrogen-bond donors (Lipinski definition) is 0. The molecule has 3 heteroatoms. The van der Waals surface area contributed by atoms with Crippen molar-refractivity contribution in [2.75, 3.05) is 7.11 Å². The summed E-state index contributed by atoms with van der Waals surface area (Å²) in [5.74, 6) is 0.737. The van der Waals surface area contributed by atoms with Crippen LogP contribution in [0.1, 0.15) is 5.56 Å². The molecule has 0 amide bonds. The molecule has 1 aromatic carbocycles. The van der Waals surface area contributed by atoms with E-state index in [9.17, 15) is 9.59 Å². The SMILES string of the molecule is COc1ccc(C=C(C=O)C=O)cc1. The van der Waals surface area contributed by atoms with Crippen LogP contribution in [0.5, 0.6) is 5.75 Å². The van der Waals surface area contributed by atoms with Gasteiger partial charge < -0.3 is 4.74 Å². The third-order valence-electron chi connectivity index (χ3n) is 1.72. The number of carbonyl (C=O) groups is 2. The Morgan fingerprint density at radius 2 is 1.71 bits per heavy atom. The highest BCUT2D eigenvalue weighted by Crippen LogP contribution is 2.12. The molecule has 1 rings (SSSR count). The Kier molecular flexibility index (Phi) is 3.61. The van der Waals surface area contributed by atoms with Gasteiger partial charge in [0, 0.05) is 0 Å². The smallest absolute Gasteiger partial charge is 0.153 e. The van der Waals surface area contributed by atoms with Crippen LogP contribution in [-0.2, 0) is 9.59 Å². The summed E-state index contributed by atoms with van der Waals surface area (Å²) in [5, 5.41) is 0. The summed E-state index contributed by atoms with van der Waals surface area (Å²) in [6.45, 7) is 0. The Morgan fingerprint density at radius 3 is 2.14 bits per heavy atom. The number of benzene rings is 1. The van der Waals surface area contributed by atoms with Crippen molar-refractivity contribution in [3.8, 4) is 5.75 Å². The quantitative estimate of drug-likeness (QED) is 0.312. The van der Waals surface area contributed by atoms with Crippen molar-refractivity contribution >= 4 is 18.6 Å². The molecule has 0 aliphatic carbocycles. The Bertz CT molecular complexity index is 339. The van der Waals surface area contributed by atoms with E-state index in [-0.39, 0.29) is 5.57 Å². The summed E-state index contributed by atoms with van der Waals surface area (Å²) in [5.41, 5.74) is 0.912. The van der Waals surface area contributed by atoms with Gasteiger partial charge in [0.2, 0.25) is 0 Å². The maximum Gasteiger partial charge on any atom is 0.153 e. The van der Waals surface area contributed by atoms with Crippen LogP contribution in [0.25, 0.3) is 6.08 Å². The summed E-state index contributed by atoms with van der Waals surface area (Å²) in [6.07, 6.45) is 2.56. The fraction of sp³-hybridized carbons (Fsp3) is 0.0909. The molecule has 0 aliphatic rings. The normalized spacial score (nSPS) is 8.93. The molecule has 0 saturated heterocycles. The van der Waals surface area contributed by atoms with Crippen molar-refractivity contribution in [2.45, 2.75) is 0 Å². The van der Waals surface area contributed by atoms with Gasteiger partial charge in [-0.2, -0.15) is 0 Å². The molecule has 0 saturated carbocycles. The number of ether oxygens (including phenoxy) is 1. The molecule has 0 unspecified atom stereocenters. The Labute approximate surface area is 82.0 Å². The molecule has 0 heterocycles. The lowest BCUT2D eigenvalue weighted by Gasteiger charge is -1.98. The lowest BCUT2D eigenvalue weighted by Crippen LogP contribution is -1.86. The minimum absolute atomic E-state index is 0.121. The van der Waals surface area contributed by atoms with Crippen LogP contribution >= 0.6 is 0 Å². The highest BCUT2D eigenvalue weighted by atomic mass is 16.5. The zero-order valence-corrected chi connectivity index (χ0v) is 7.77. The zero-order valence-electron chi connectivity index (χ0n) is 7.77. The van der Waals surface area contributed by atoms with Crippen LogP contribution in [0, 0.1) is 0 Å². The van der Waals surface area contributed by atoms with E-state index in [0.29, 0.717) is 12.6 Å². The van der Waals surface area contributed by atoms with E-state index < -0.39 is 0 Å². The van der Waals surface area contributed by atoms with E-state index in [1.807, 2.05) is 0 Å².